The van der Waals surface area contributed by atoms with Crippen LogP contribution in [0.25, 0.3) is 0 Å². The number of ether oxygens (including phenoxy) is 2. The van der Waals surface area contributed by atoms with E-state index in [2.05, 4.69) is 29.0 Å². The highest BCUT2D eigenvalue weighted by molar-refractivity contribution is 8.13. The number of nitrogens with zero attached hydrogens (tertiary/aromatic N) is 3. The molecule has 4 rings (SSSR count). The van der Waals surface area contributed by atoms with Crippen molar-refractivity contribution in [1.82, 2.24) is 9.97 Å². The Kier molecular flexibility index (Phi) is 4.48. The average molecular weight is 370 g/mol. The van der Waals surface area contributed by atoms with E-state index in [0.29, 0.717) is 30.0 Å². The Morgan fingerprint density at radius 1 is 1.38 bits per heavy atom. The van der Waals surface area contributed by atoms with Crippen LogP contribution in [0.3, 0.4) is 0 Å². The van der Waals surface area contributed by atoms with Crippen LogP contribution in [0.1, 0.15) is 30.3 Å². The van der Waals surface area contributed by atoms with Crippen LogP contribution in [-0.4, -0.2) is 34.6 Å². The zero-order valence-corrected chi connectivity index (χ0v) is 15.8. The van der Waals surface area contributed by atoms with Gasteiger partial charge in [0.1, 0.15) is 11.6 Å². The van der Waals surface area contributed by atoms with Crippen molar-refractivity contribution in [2.24, 2.45) is 16.6 Å². The molecule has 0 unspecified atom stereocenters. The number of nitrogens with two attached hydrogens (primary N) is 1. The van der Waals surface area contributed by atoms with E-state index >= 15 is 0 Å². The summed E-state index contributed by atoms with van der Waals surface area (Å²) >= 11 is 1.64. The van der Waals surface area contributed by atoms with E-state index in [-0.39, 0.29) is 5.54 Å². The van der Waals surface area contributed by atoms with Gasteiger partial charge in [-0.3, -0.25) is 4.99 Å². The smallest absolute Gasteiger partial charge is 0.216 e. The highest BCUT2D eigenvalue weighted by Crippen LogP contribution is 2.47. The number of hydrogen-bond acceptors (Lipinski definition) is 7. The molecule has 0 aliphatic carbocycles. The molecule has 0 radical (unpaired) electrons. The number of rotatable bonds is 3. The Bertz CT molecular complexity index is 857. The van der Waals surface area contributed by atoms with Crippen LogP contribution in [0.2, 0.25) is 0 Å². The molecule has 3 heterocycles. The van der Waals surface area contributed by atoms with Gasteiger partial charge in [-0.15, -0.1) is 0 Å². The monoisotopic (exact) mass is 370 g/mol. The van der Waals surface area contributed by atoms with Crippen molar-refractivity contribution in [2.75, 3.05) is 19.5 Å². The lowest BCUT2D eigenvalue weighted by molar-refractivity contribution is 0.271. The fourth-order valence-electron chi connectivity index (χ4n) is 3.63. The maximum Gasteiger partial charge on any atom is 0.216 e. The lowest BCUT2D eigenvalue weighted by atomic mass is 9.79. The SMILES string of the molecule is COc1ccnc(Cc2ccc3c(c2)[C@@]2(C)N=C(N)SC[C@H]2CCO3)n1. The molecule has 0 saturated carbocycles. The maximum absolute atomic E-state index is 6.07. The van der Waals surface area contributed by atoms with Gasteiger partial charge < -0.3 is 15.2 Å². The van der Waals surface area contributed by atoms with Crippen LogP contribution in [0, 0.1) is 5.92 Å². The van der Waals surface area contributed by atoms with Crippen LogP contribution in [0.15, 0.2) is 35.5 Å². The van der Waals surface area contributed by atoms with Gasteiger partial charge in [0.05, 0.1) is 19.3 Å². The minimum absolute atomic E-state index is 0.355. The van der Waals surface area contributed by atoms with Gasteiger partial charge in [-0.05, 0) is 31.0 Å². The van der Waals surface area contributed by atoms with E-state index < -0.39 is 0 Å². The van der Waals surface area contributed by atoms with Crippen molar-refractivity contribution in [3.05, 3.63) is 47.4 Å². The standard InChI is InChI=1S/C19H22N4O2S/c1-19-13(11-26-18(20)23-19)6-8-25-15-4-3-12(9-14(15)19)10-16-21-7-5-17(22-16)24-2/h3-5,7,9,13H,6,8,10-11H2,1-2H3,(H2,20,23)/t13-,19+/m1/s1. The summed E-state index contributed by atoms with van der Waals surface area (Å²) in [5.41, 5.74) is 7.93. The molecular weight excluding hydrogens is 348 g/mol. The zero-order chi connectivity index (χ0) is 18.1. The number of methoxy groups -OCH3 is 1. The summed E-state index contributed by atoms with van der Waals surface area (Å²) in [5, 5.41) is 0.651. The van der Waals surface area contributed by atoms with Crippen molar-refractivity contribution in [2.45, 2.75) is 25.3 Å². The minimum atomic E-state index is -0.355. The third kappa shape index (κ3) is 3.11. The fourth-order valence-corrected chi connectivity index (χ4v) is 4.74. The van der Waals surface area contributed by atoms with Crippen molar-refractivity contribution >= 4 is 16.9 Å². The van der Waals surface area contributed by atoms with Gasteiger partial charge in [-0.1, -0.05) is 17.8 Å². The van der Waals surface area contributed by atoms with Crippen LogP contribution in [0.5, 0.6) is 11.6 Å². The molecule has 26 heavy (non-hydrogen) atoms. The maximum atomic E-state index is 6.07. The largest absolute Gasteiger partial charge is 0.493 e. The minimum Gasteiger partial charge on any atom is -0.493 e. The zero-order valence-electron chi connectivity index (χ0n) is 14.9. The summed E-state index contributed by atoms with van der Waals surface area (Å²) in [6, 6.07) is 8.02. The summed E-state index contributed by atoms with van der Waals surface area (Å²) in [4.78, 5) is 13.6. The third-order valence-electron chi connectivity index (χ3n) is 5.13. The van der Waals surface area contributed by atoms with Crippen molar-refractivity contribution in [3.63, 3.8) is 0 Å². The number of benzene rings is 1. The quantitative estimate of drug-likeness (QED) is 0.894. The van der Waals surface area contributed by atoms with Crippen molar-refractivity contribution in [1.29, 1.82) is 0 Å². The first kappa shape index (κ1) is 17.1. The van der Waals surface area contributed by atoms with Gasteiger partial charge in [0.15, 0.2) is 5.17 Å². The number of aliphatic imine (C=N–C) groups is 1. The van der Waals surface area contributed by atoms with Gasteiger partial charge >= 0.3 is 0 Å². The number of thioether (sulfide) groups is 1. The van der Waals surface area contributed by atoms with Gasteiger partial charge in [0.2, 0.25) is 5.88 Å². The summed E-state index contributed by atoms with van der Waals surface area (Å²) < 4.78 is 11.2. The number of aromatic nitrogens is 2. The van der Waals surface area contributed by atoms with E-state index in [0.717, 1.165) is 34.9 Å². The second-order valence-electron chi connectivity index (χ2n) is 6.77. The predicted octanol–water partition coefficient (Wildman–Crippen LogP) is 2.75. The topological polar surface area (TPSA) is 82.6 Å². The summed E-state index contributed by atoms with van der Waals surface area (Å²) in [6.45, 7) is 2.88. The lowest BCUT2D eigenvalue weighted by Gasteiger charge is -2.36. The van der Waals surface area contributed by atoms with Gasteiger partial charge in [0, 0.05) is 35.9 Å². The molecule has 7 heteroatoms. The van der Waals surface area contributed by atoms with Gasteiger partial charge in [0.25, 0.3) is 0 Å². The van der Waals surface area contributed by atoms with E-state index in [1.807, 2.05) is 6.07 Å². The molecule has 6 nitrogen and oxygen atoms in total. The molecule has 0 bridgehead atoms. The Morgan fingerprint density at radius 3 is 3.12 bits per heavy atom. The fraction of sp³-hybridized carbons (Fsp3) is 0.421. The van der Waals surface area contributed by atoms with Crippen LogP contribution in [0.4, 0.5) is 0 Å². The molecule has 0 amide bonds. The Labute approximate surface area is 157 Å². The van der Waals surface area contributed by atoms with E-state index in [4.69, 9.17) is 20.2 Å². The highest BCUT2D eigenvalue weighted by Gasteiger charge is 2.42. The first-order valence-electron chi connectivity index (χ1n) is 8.69. The van der Waals surface area contributed by atoms with Crippen molar-refractivity contribution < 1.29 is 9.47 Å². The predicted molar refractivity (Wildman–Crippen MR) is 103 cm³/mol. The normalized spacial score (nSPS) is 24.5. The summed E-state index contributed by atoms with van der Waals surface area (Å²) in [5.74, 6) is 3.57. The molecule has 1 aromatic heterocycles. The lowest BCUT2D eigenvalue weighted by Crippen LogP contribution is -2.37. The number of hydrogen-bond donors (Lipinski definition) is 1. The van der Waals surface area contributed by atoms with E-state index in [1.165, 1.54) is 0 Å². The second kappa shape index (κ2) is 6.79. The second-order valence-corrected chi connectivity index (χ2v) is 7.81. The molecule has 2 aliphatic rings. The first-order chi connectivity index (χ1) is 12.6. The van der Waals surface area contributed by atoms with E-state index in [9.17, 15) is 0 Å². The first-order valence-corrected chi connectivity index (χ1v) is 9.67. The van der Waals surface area contributed by atoms with Crippen LogP contribution in [-0.2, 0) is 12.0 Å². The molecule has 0 fully saturated rings. The molecule has 1 aromatic carbocycles. The molecule has 2 aliphatic heterocycles. The third-order valence-corrected chi connectivity index (χ3v) is 6.09. The summed E-state index contributed by atoms with van der Waals surface area (Å²) in [7, 11) is 1.61. The summed E-state index contributed by atoms with van der Waals surface area (Å²) in [6.07, 6.45) is 3.32. The molecule has 2 atom stereocenters. The molecule has 2 N–H and O–H groups in total. The van der Waals surface area contributed by atoms with Crippen LogP contribution < -0.4 is 15.2 Å². The average Bonchev–Trinajstić information content (AvgIpc) is 2.78. The van der Waals surface area contributed by atoms with Gasteiger partial charge in [-0.25, -0.2) is 4.98 Å². The highest BCUT2D eigenvalue weighted by atomic mass is 32.2. The molecule has 0 saturated heterocycles. The van der Waals surface area contributed by atoms with Crippen molar-refractivity contribution in [3.8, 4) is 11.6 Å². The molecule has 0 spiro atoms. The number of fused-ring (bicyclic) bond motifs is 3. The Morgan fingerprint density at radius 2 is 2.27 bits per heavy atom. The van der Waals surface area contributed by atoms with Gasteiger partial charge in [-0.2, -0.15) is 4.98 Å². The van der Waals surface area contributed by atoms with Crippen LogP contribution >= 0.6 is 11.8 Å². The number of amidine groups is 1. The van der Waals surface area contributed by atoms with E-state index in [1.54, 1.807) is 31.1 Å². The molecule has 136 valence electrons. The molecule has 2 aromatic rings. The Balaban J connectivity index is 1.72. The Hall–Kier alpha value is -2.28. The molecular formula is C19H22N4O2S.